The highest BCUT2D eigenvalue weighted by Crippen LogP contribution is 2.61. The van der Waals surface area contributed by atoms with Crippen LogP contribution in [0, 0.1) is 23.2 Å². The molecule has 4 aliphatic carbocycles. The average Bonchev–Trinajstić information content (AvgIpc) is 3.46. The summed E-state index contributed by atoms with van der Waals surface area (Å²) in [5.74, 6) is -3.06. The van der Waals surface area contributed by atoms with Crippen molar-refractivity contribution in [2.45, 2.75) is 178 Å². The molecular weight excluding hydrogens is 975 g/mol. The number of amides is 1. The Bertz CT molecular complexity index is 2520. The molecule has 5 fully saturated rings. The van der Waals surface area contributed by atoms with E-state index in [9.17, 15) is 24.6 Å². The molecule has 412 valence electrons. The molecule has 1 saturated heterocycles. The van der Waals surface area contributed by atoms with E-state index in [0.717, 1.165) is 64.2 Å². The maximum atomic E-state index is 15.4. The van der Waals surface area contributed by atoms with Gasteiger partial charge in [-0.05, 0) is 123 Å². The van der Waals surface area contributed by atoms with Gasteiger partial charge in [-0.3, -0.25) is 4.79 Å². The predicted octanol–water partition coefficient (Wildman–Crippen LogP) is 12.1. The number of ether oxygens (including phenoxy) is 5. The first kappa shape index (κ1) is 57.0. The Hall–Kier alpha value is -6.15. The second-order valence-electron chi connectivity index (χ2n) is 22.3. The zero-order chi connectivity index (χ0) is 54.1. The molecule has 4 aromatic carbocycles. The molecule has 5 aliphatic rings. The zero-order valence-corrected chi connectivity index (χ0v) is 44.8. The molecule has 13 heteroatoms. The van der Waals surface area contributed by atoms with Crippen LogP contribution in [-0.2, 0) is 28.5 Å². The minimum absolute atomic E-state index is 0.00259. The molecule has 1 amide bonds. The largest absolute Gasteiger partial charge is 0.458 e. The van der Waals surface area contributed by atoms with Crippen LogP contribution in [-0.4, -0.2) is 82.5 Å². The van der Waals surface area contributed by atoms with Crippen LogP contribution in [0.4, 0.5) is 0 Å². The van der Waals surface area contributed by atoms with Crippen LogP contribution in [0.5, 0.6) is 0 Å². The topological polar surface area (TPSA) is 184 Å². The van der Waals surface area contributed by atoms with Crippen molar-refractivity contribution < 1.29 is 57.9 Å². The molecule has 0 aromatic heterocycles. The number of rotatable bonds is 28. The van der Waals surface area contributed by atoms with E-state index >= 15 is 9.59 Å². The van der Waals surface area contributed by atoms with Gasteiger partial charge in [0.05, 0.1) is 28.9 Å². The molecule has 1 aliphatic heterocycles. The van der Waals surface area contributed by atoms with Gasteiger partial charge in [0, 0.05) is 19.3 Å². The minimum atomic E-state index is -2.96. The van der Waals surface area contributed by atoms with Gasteiger partial charge in [-0.15, -0.1) is 0 Å². The third kappa shape index (κ3) is 14.5. The highest BCUT2D eigenvalue weighted by atomic mass is 16.7. The summed E-state index contributed by atoms with van der Waals surface area (Å²) in [6, 6.07) is 32.1. The van der Waals surface area contributed by atoms with Crippen molar-refractivity contribution in [2.24, 2.45) is 23.2 Å². The summed E-state index contributed by atoms with van der Waals surface area (Å²) in [6.45, 7) is 1.31. The number of esters is 4. The molecule has 4 saturated carbocycles. The Morgan fingerprint density at radius 1 is 0.610 bits per heavy atom. The van der Waals surface area contributed by atoms with Crippen LogP contribution < -0.4 is 5.32 Å². The number of unbranched alkanes of at least 4 members (excludes halogenated alkanes) is 11. The maximum absolute atomic E-state index is 15.4. The SMILES string of the molecule is CCCCCCCCCCCCCC=CC[C@@H](C[C@]1(OC(=O)c2ccccc2)[C@@H](OC(=O)c2ccccc2)[C@@H](CO)O[C@@H](O)[C@]1(NC(=O)CC12CC3CC(CC(C3)C1)C2)OC(=O)c1ccccc1)OC(=O)c1ccccc1. The molecule has 4 bridgehead atoms. The van der Waals surface area contributed by atoms with Crippen LogP contribution in [0.15, 0.2) is 133 Å². The van der Waals surface area contributed by atoms with E-state index in [0.29, 0.717) is 17.8 Å². The number of hydrogen-bond donors (Lipinski definition) is 3. The van der Waals surface area contributed by atoms with E-state index in [4.69, 9.17) is 23.7 Å². The van der Waals surface area contributed by atoms with Crippen molar-refractivity contribution in [1.29, 1.82) is 0 Å². The van der Waals surface area contributed by atoms with Crippen molar-refractivity contribution in [2.75, 3.05) is 6.61 Å². The van der Waals surface area contributed by atoms with E-state index in [1.165, 1.54) is 87.8 Å². The van der Waals surface area contributed by atoms with Crippen LogP contribution in [0.3, 0.4) is 0 Å². The molecule has 6 atom stereocenters. The third-order valence-corrected chi connectivity index (χ3v) is 16.4. The Labute approximate surface area is 454 Å². The summed E-state index contributed by atoms with van der Waals surface area (Å²) in [5.41, 5.74) is -5.83. The van der Waals surface area contributed by atoms with Crippen molar-refractivity contribution in [3.05, 3.63) is 156 Å². The number of aliphatic hydroxyl groups is 2. The Morgan fingerprint density at radius 2 is 1.06 bits per heavy atom. The van der Waals surface area contributed by atoms with Gasteiger partial charge in [0.2, 0.25) is 17.8 Å². The highest BCUT2D eigenvalue weighted by molar-refractivity contribution is 5.92. The molecule has 1 heterocycles. The molecule has 0 spiro atoms. The molecule has 0 unspecified atom stereocenters. The summed E-state index contributed by atoms with van der Waals surface area (Å²) in [7, 11) is 0. The lowest BCUT2D eigenvalue weighted by atomic mass is 9.49. The predicted molar refractivity (Wildman–Crippen MR) is 291 cm³/mol. The van der Waals surface area contributed by atoms with Gasteiger partial charge in [0.25, 0.3) is 5.72 Å². The van der Waals surface area contributed by atoms with E-state index in [-0.39, 0.29) is 35.1 Å². The van der Waals surface area contributed by atoms with Crippen molar-refractivity contribution in [3.8, 4) is 0 Å². The molecule has 77 heavy (non-hydrogen) atoms. The average molecular weight is 1050 g/mol. The van der Waals surface area contributed by atoms with E-state index in [2.05, 4.69) is 12.2 Å². The number of aliphatic hydroxyl groups excluding tert-OH is 2. The molecule has 9 rings (SSSR count). The lowest BCUT2D eigenvalue weighted by Gasteiger charge is -2.58. The Morgan fingerprint density at radius 3 is 1.56 bits per heavy atom. The summed E-state index contributed by atoms with van der Waals surface area (Å²) < 4.78 is 32.5. The Kier molecular flexibility index (Phi) is 20.3. The molecule has 13 nitrogen and oxygen atoms in total. The summed E-state index contributed by atoms with van der Waals surface area (Å²) >= 11 is 0. The second-order valence-corrected chi connectivity index (χ2v) is 22.3. The number of nitrogens with one attached hydrogen (secondary N) is 1. The number of carbonyl (C=O) groups excluding carboxylic acids is 5. The van der Waals surface area contributed by atoms with Crippen molar-refractivity contribution in [1.82, 2.24) is 5.32 Å². The fourth-order valence-electron chi connectivity index (χ4n) is 13.2. The zero-order valence-electron chi connectivity index (χ0n) is 44.8. The monoisotopic (exact) mass is 1050 g/mol. The van der Waals surface area contributed by atoms with Gasteiger partial charge >= 0.3 is 23.9 Å². The lowest BCUT2D eigenvalue weighted by Crippen LogP contribution is -2.83. The quantitative estimate of drug-likeness (QED) is 0.0161. The third-order valence-electron chi connectivity index (χ3n) is 16.4. The van der Waals surface area contributed by atoms with Gasteiger partial charge < -0.3 is 39.2 Å². The van der Waals surface area contributed by atoms with Crippen molar-refractivity contribution in [3.63, 3.8) is 0 Å². The first-order valence-electron chi connectivity index (χ1n) is 28.4. The molecular formula is C64H79NO12. The summed E-state index contributed by atoms with van der Waals surface area (Å²) in [4.78, 5) is 74.5. The van der Waals surface area contributed by atoms with Crippen LogP contribution in [0.1, 0.15) is 183 Å². The van der Waals surface area contributed by atoms with Gasteiger partial charge in [-0.25, -0.2) is 19.2 Å². The summed E-state index contributed by atoms with van der Waals surface area (Å²) in [6.07, 6.45) is 15.4. The smallest absolute Gasteiger partial charge is 0.340 e. The highest BCUT2D eigenvalue weighted by Gasteiger charge is 2.74. The van der Waals surface area contributed by atoms with Gasteiger partial charge in [0.15, 0.2) is 6.10 Å². The number of allylic oxidation sites excluding steroid dienone is 1. The summed E-state index contributed by atoms with van der Waals surface area (Å²) in [5, 5.41) is 27.1. The van der Waals surface area contributed by atoms with Crippen molar-refractivity contribution >= 4 is 29.8 Å². The van der Waals surface area contributed by atoms with Gasteiger partial charge in [-0.2, -0.15) is 0 Å². The van der Waals surface area contributed by atoms with Crippen LogP contribution in [0.25, 0.3) is 0 Å². The number of carbonyl (C=O) groups is 5. The minimum Gasteiger partial charge on any atom is -0.458 e. The lowest BCUT2D eigenvalue weighted by molar-refractivity contribution is -0.369. The fraction of sp³-hybridized carbons (Fsp3) is 0.516. The number of benzene rings is 4. The second kappa shape index (κ2) is 27.4. The number of hydrogen-bond acceptors (Lipinski definition) is 12. The van der Waals surface area contributed by atoms with E-state index < -0.39 is 84.2 Å². The van der Waals surface area contributed by atoms with Gasteiger partial charge in [0.1, 0.15) is 12.2 Å². The normalized spacial score (nSPS) is 26.6. The standard InChI is InChI=1S/C64H79NO12/c1-2-3-4-5-6-7-8-9-10-11-12-13-14-27-36-53(73-57(68)49-28-19-15-20-29-49)43-63(76-59(70)51-32-23-17-24-33-51)56(75-58(69)50-30-21-16-22-31-50)54(45-66)74-61(72)64(63,77-60(71)52-34-25-18-26-35-52)65-55(67)44-62-40-46-37-47(41-62)39-48(38-46)42-62/h14-35,46-48,53-54,56,61,66,72H,2-13,36-45H2,1H3,(H,65,67)/t46?,47?,48?,53-,54+,56-,61+,62?,63-,64-/m0/s1. The molecule has 4 aromatic rings. The Balaban J connectivity index is 1.22. The van der Waals surface area contributed by atoms with Crippen LogP contribution in [0.2, 0.25) is 0 Å². The maximum Gasteiger partial charge on any atom is 0.340 e. The molecule has 0 radical (unpaired) electrons. The van der Waals surface area contributed by atoms with E-state index in [1.54, 1.807) is 84.9 Å². The van der Waals surface area contributed by atoms with Gasteiger partial charge in [-0.1, -0.05) is 156 Å². The fourth-order valence-corrected chi connectivity index (χ4v) is 13.2. The van der Waals surface area contributed by atoms with E-state index in [1.807, 2.05) is 12.2 Å². The first-order valence-corrected chi connectivity index (χ1v) is 28.4. The first-order chi connectivity index (χ1) is 37.4. The van der Waals surface area contributed by atoms with Crippen LogP contribution >= 0.6 is 0 Å². The molecule has 3 N–H and O–H groups in total.